The molecule has 2 heterocycles. The molecule has 2 rings (SSSR count). The van der Waals surface area contributed by atoms with Gasteiger partial charge in [-0.25, -0.2) is 4.79 Å². The molecule has 108 valence electrons. The summed E-state index contributed by atoms with van der Waals surface area (Å²) >= 11 is 0. The van der Waals surface area contributed by atoms with Crippen LogP contribution in [-0.4, -0.2) is 64.3 Å². The highest BCUT2D eigenvalue weighted by Gasteiger charge is 2.50. The van der Waals surface area contributed by atoms with Gasteiger partial charge in [-0.1, -0.05) is 0 Å². The molecule has 2 aliphatic rings. The Bertz CT molecular complexity index is 386. The first kappa shape index (κ1) is 14.1. The Hall–Kier alpha value is -1.30. The lowest BCUT2D eigenvalue weighted by Gasteiger charge is -2.51. The molecule has 2 aliphatic heterocycles. The minimum absolute atomic E-state index is 0.0151. The highest BCUT2D eigenvalue weighted by atomic mass is 16.5. The van der Waals surface area contributed by atoms with Crippen molar-refractivity contribution in [1.29, 1.82) is 0 Å². The number of piperidine rings is 1. The number of morpholine rings is 1. The fourth-order valence-corrected chi connectivity index (χ4v) is 3.04. The Morgan fingerprint density at radius 1 is 1.37 bits per heavy atom. The third-order valence-electron chi connectivity index (χ3n) is 4.08. The van der Waals surface area contributed by atoms with Crippen LogP contribution in [0.25, 0.3) is 0 Å². The van der Waals surface area contributed by atoms with Gasteiger partial charge in [0.2, 0.25) is 0 Å². The van der Waals surface area contributed by atoms with E-state index in [1.54, 1.807) is 13.8 Å². The van der Waals surface area contributed by atoms with E-state index in [9.17, 15) is 9.59 Å². The van der Waals surface area contributed by atoms with E-state index in [0.717, 1.165) is 0 Å². The molecule has 6 nitrogen and oxygen atoms in total. The zero-order valence-corrected chi connectivity index (χ0v) is 11.8. The van der Waals surface area contributed by atoms with Crippen LogP contribution >= 0.6 is 0 Å². The number of carbonyl (C=O) groups excluding carboxylic acids is 1. The fraction of sp³-hybridized carbons (Fsp3) is 0.846. The minimum Gasteiger partial charge on any atom is -0.465 e. The molecule has 0 unspecified atom stereocenters. The van der Waals surface area contributed by atoms with Crippen LogP contribution in [0.1, 0.15) is 33.6 Å². The van der Waals surface area contributed by atoms with Crippen molar-refractivity contribution in [3.05, 3.63) is 0 Å². The monoisotopic (exact) mass is 270 g/mol. The Kier molecular flexibility index (Phi) is 3.47. The molecule has 0 aromatic heterocycles. The second-order valence-corrected chi connectivity index (χ2v) is 5.88. The van der Waals surface area contributed by atoms with Gasteiger partial charge in [0.05, 0.1) is 5.60 Å². The van der Waals surface area contributed by atoms with Crippen LogP contribution < -0.4 is 0 Å². The van der Waals surface area contributed by atoms with Crippen molar-refractivity contribution < 1.29 is 19.4 Å². The summed E-state index contributed by atoms with van der Waals surface area (Å²) in [4.78, 5) is 26.3. The van der Waals surface area contributed by atoms with E-state index in [-0.39, 0.29) is 11.5 Å². The Labute approximate surface area is 113 Å². The maximum atomic E-state index is 12.2. The summed E-state index contributed by atoms with van der Waals surface area (Å²) in [5.74, 6) is 0.0151. The molecule has 1 N–H and O–H groups in total. The second-order valence-electron chi connectivity index (χ2n) is 5.88. The van der Waals surface area contributed by atoms with Crippen molar-refractivity contribution in [3.63, 3.8) is 0 Å². The first-order valence-corrected chi connectivity index (χ1v) is 6.77. The summed E-state index contributed by atoms with van der Waals surface area (Å²) in [6.45, 7) is 7.72. The molecular formula is C13H22N2O4. The van der Waals surface area contributed by atoms with Crippen LogP contribution in [0.4, 0.5) is 4.79 Å². The van der Waals surface area contributed by atoms with Gasteiger partial charge in [0.1, 0.15) is 5.60 Å². The first-order chi connectivity index (χ1) is 8.80. The molecule has 1 spiro atoms. The van der Waals surface area contributed by atoms with Crippen LogP contribution in [0.2, 0.25) is 0 Å². The Morgan fingerprint density at radius 2 is 1.95 bits per heavy atom. The van der Waals surface area contributed by atoms with Crippen LogP contribution in [0, 0.1) is 0 Å². The first-order valence-electron chi connectivity index (χ1n) is 6.77. The summed E-state index contributed by atoms with van der Waals surface area (Å²) in [5.41, 5.74) is -1.21. The highest BCUT2D eigenvalue weighted by molar-refractivity contribution is 5.85. The van der Waals surface area contributed by atoms with Crippen LogP contribution in [0.3, 0.4) is 0 Å². The molecule has 0 saturated carbocycles. The SMILES string of the molecule is CCN1CC2(CCN(C(=O)O)CC2)OC(C)(C)C1=O. The average Bonchev–Trinajstić information content (AvgIpc) is 2.34. The van der Waals surface area contributed by atoms with Gasteiger partial charge in [-0.05, 0) is 33.6 Å². The number of hydrogen-bond donors (Lipinski definition) is 1. The van der Waals surface area contributed by atoms with Crippen LogP contribution in [0.5, 0.6) is 0 Å². The molecule has 2 amide bonds. The third-order valence-corrected chi connectivity index (χ3v) is 4.08. The molecular weight excluding hydrogens is 248 g/mol. The van der Waals surface area contributed by atoms with Crippen molar-refractivity contribution in [2.24, 2.45) is 0 Å². The number of nitrogens with zero attached hydrogens (tertiary/aromatic N) is 2. The summed E-state index contributed by atoms with van der Waals surface area (Å²) < 4.78 is 6.06. The number of likely N-dealkylation sites (N-methyl/N-ethyl adjacent to an activating group) is 1. The van der Waals surface area contributed by atoms with Gasteiger partial charge in [0.15, 0.2) is 0 Å². The van der Waals surface area contributed by atoms with E-state index >= 15 is 0 Å². The van der Waals surface area contributed by atoms with E-state index in [1.165, 1.54) is 4.90 Å². The minimum atomic E-state index is -0.881. The number of likely N-dealkylation sites (tertiary alicyclic amines) is 1. The van der Waals surface area contributed by atoms with E-state index < -0.39 is 11.7 Å². The van der Waals surface area contributed by atoms with Gasteiger partial charge in [-0.15, -0.1) is 0 Å². The van der Waals surface area contributed by atoms with Gasteiger partial charge in [0, 0.05) is 26.2 Å². The average molecular weight is 270 g/mol. The molecule has 2 saturated heterocycles. The number of rotatable bonds is 1. The third kappa shape index (κ3) is 2.54. The molecule has 0 aromatic carbocycles. The molecule has 0 bridgehead atoms. The van der Waals surface area contributed by atoms with Crippen molar-refractivity contribution in [1.82, 2.24) is 9.80 Å². The number of ether oxygens (including phenoxy) is 1. The predicted molar refractivity (Wildman–Crippen MR) is 69.0 cm³/mol. The number of carbonyl (C=O) groups is 2. The lowest BCUT2D eigenvalue weighted by atomic mass is 9.86. The fourth-order valence-electron chi connectivity index (χ4n) is 3.04. The van der Waals surface area contributed by atoms with E-state index in [0.29, 0.717) is 39.0 Å². The van der Waals surface area contributed by atoms with Crippen LogP contribution in [-0.2, 0) is 9.53 Å². The zero-order valence-electron chi connectivity index (χ0n) is 11.8. The van der Waals surface area contributed by atoms with Crippen molar-refractivity contribution >= 4 is 12.0 Å². The number of carboxylic acid groups (broad SMARTS) is 1. The molecule has 19 heavy (non-hydrogen) atoms. The van der Waals surface area contributed by atoms with E-state index in [2.05, 4.69) is 0 Å². The lowest BCUT2D eigenvalue weighted by Crippen LogP contribution is -2.65. The summed E-state index contributed by atoms with van der Waals surface area (Å²) in [6.07, 6.45) is 0.410. The molecule has 0 radical (unpaired) electrons. The predicted octanol–water partition coefficient (Wildman–Crippen LogP) is 1.16. The maximum absolute atomic E-state index is 12.2. The normalized spacial score (nSPS) is 25.7. The largest absolute Gasteiger partial charge is 0.465 e. The van der Waals surface area contributed by atoms with Gasteiger partial charge < -0.3 is 19.6 Å². The number of hydrogen-bond acceptors (Lipinski definition) is 3. The standard InChI is InChI=1S/C13H22N2O4/c1-4-14-9-13(19-12(2,3)10(14)16)5-7-15(8-6-13)11(17)18/h4-9H2,1-3H3,(H,17,18). The van der Waals surface area contributed by atoms with Gasteiger partial charge in [0.25, 0.3) is 5.91 Å². The van der Waals surface area contributed by atoms with E-state index in [1.807, 2.05) is 11.8 Å². The topological polar surface area (TPSA) is 70.1 Å². The van der Waals surface area contributed by atoms with Gasteiger partial charge >= 0.3 is 6.09 Å². The van der Waals surface area contributed by atoms with Gasteiger partial charge in [-0.3, -0.25) is 4.79 Å². The Balaban J connectivity index is 2.13. The summed E-state index contributed by atoms with van der Waals surface area (Å²) in [5, 5.41) is 8.99. The molecule has 0 aromatic rings. The number of amides is 2. The van der Waals surface area contributed by atoms with E-state index in [4.69, 9.17) is 9.84 Å². The molecule has 2 fully saturated rings. The van der Waals surface area contributed by atoms with Crippen molar-refractivity contribution in [2.75, 3.05) is 26.2 Å². The van der Waals surface area contributed by atoms with Gasteiger partial charge in [-0.2, -0.15) is 0 Å². The molecule has 0 aliphatic carbocycles. The quantitative estimate of drug-likeness (QED) is 0.776. The lowest BCUT2D eigenvalue weighted by molar-refractivity contribution is -0.215. The summed E-state index contributed by atoms with van der Waals surface area (Å²) in [6, 6.07) is 0. The summed E-state index contributed by atoms with van der Waals surface area (Å²) in [7, 11) is 0. The molecule has 6 heteroatoms. The smallest absolute Gasteiger partial charge is 0.407 e. The molecule has 0 atom stereocenters. The van der Waals surface area contributed by atoms with Crippen LogP contribution in [0.15, 0.2) is 0 Å². The second kappa shape index (κ2) is 4.67. The zero-order chi connectivity index (χ0) is 14.3. The van der Waals surface area contributed by atoms with Crippen molar-refractivity contribution in [3.8, 4) is 0 Å². The van der Waals surface area contributed by atoms with Crippen molar-refractivity contribution in [2.45, 2.75) is 44.8 Å². The Morgan fingerprint density at radius 3 is 2.42 bits per heavy atom. The highest BCUT2D eigenvalue weighted by Crippen LogP contribution is 2.36. The maximum Gasteiger partial charge on any atom is 0.407 e.